The third-order valence-corrected chi connectivity index (χ3v) is 4.77. The van der Waals surface area contributed by atoms with Gasteiger partial charge in [-0.3, -0.25) is 9.48 Å². The lowest BCUT2D eigenvalue weighted by Gasteiger charge is -2.26. The minimum Gasteiger partial charge on any atom is -0.347 e. The Morgan fingerprint density at radius 3 is 2.65 bits per heavy atom. The Morgan fingerprint density at radius 2 is 1.96 bits per heavy atom. The van der Waals surface area contributed by atoms with Crippen molar-refractivity contribution in [1.82, 2.24) is 15.1 Å². The number of nitrogens with zero attached hydrogens (tertiary/aromatic N) is 2. The first-order valence-electron chi connectivity index (χ1n) is 8.36. The van der Waals surface area contributed by atoms with E-state index in [2.05, 4.69) is 10.4 Å². The molecule has 0 aromatic carbocycles. The quantitative estimate of drug-likeness (QED) is 0.922. The lowest BCUT2D eigenvalue weighted by atomic mass is 9.87. The van der Waals surface area contributed by atoms with Gasteiger partial charge in [-0.15, -0.1) is 0 Å². The molecule has 1 saturated carbocycles. The van der Waals surface area contributed by atoms with E-state index in [1.165, 1.54) is 12.6 Å². The maximum atomic E-state index is 12.5. The number of amides is 1. The van der Waals surface area contributed by atoms with Crippen LogP contribution in [0.3, 0.4) is 0 Å². The molecular weight excluding hydrogens is 307 g/mol. The van der Waals surface area contributed by atoms with Gasteiger partial charge in [0, 0.05) is 12.1 Å². The molecule has 2 aliphatic rings. The highest BCUT2D eigenvalue weighted by atomic mass is 19.4. The van der Waals surface area contributed by atoms with Gasteiger partial charge in [-0.25, -0.2) is 0 Å². The molecule has 1 heterocycles. The van der Waals surface area contributed by atoms with E-state index < -0.39 is 12.7 Å². The van der Waals surface area contributed by atoms with Crippen LogP contribution in [-0.2, 0) is 17.8 Å². The first kappa shape index (κ1) is 16.3. The van der Waals surface area contributed by atoms with Crippen LogP contribution in [-0.4, -0.2) is 21.9 Å². The first-order chi connectivity index (χ1) is 10.9. The predicted molar refractivity (Wildman–Crippen MR) is 78.7 cm³/mol. The fraction of sp³-hybridized carbons (Fsp3) is 0.750. The van der Waals surface area contributed by atoms with Crippen molar-refractivity contribution in [3.63, 3.8) is 0 Å². The first-order valence-corrected chi connectivity index (χ1v) is 8.36. The second-order valence-electron chi connectivity index (χ2n) is 6.64. The van der Waals surface area contributed by atoms with E-state index in [1.807, 2.05) is 0 Å². The molecule has 0 radical (unpaired) electrons. The largest absolute Gasteiger partial charge is 0.408 e. The number of hydrogen-bond acceptors (Lipinski definition) is 2. The van der Waals surface area contributed by atoms with Crippen LogP contribution in [0.4, 0.5) is 13.2 Å². The third kappa shape index (κ3) is 4.06. The van der Waals surface area contributed by atoms with Crippen molar-refractivity contribution in [2.45, 2.75) is 70.1 Å². The second-order valence-corrected chi connectivity index (χ2v) is 6.64. The van der Waals surface area contributed by atoms with Crippen LogP contribution in [0, 0.1) is 5.92 Å². The Balaban J connectivity index is 1.69. The number of aromatic nitrogens is 2. The van der Waals surface area contributed by atoms with Crippen LogP contribution in [0.15, 0.2) is 6.20 Å². The molecular formula is C16H22F3N3O. The summed E-state index contributed by atoms with van der Waals surface area (Å²) in [5, 5.41) is 7.12. The van der Waals surface area contributed by atoms with Gasteiger partial charge < -0.3 is 5.32 Å². The number of carbonyl (C=O) groups excluding carboxylic acids is 1. The van der Waals surface area contributed by atoms with E-state index in [4.69, 9.17) is 0 Å². The minimum atomic E-state index is -4.28. The number of carbonyl (C=O) groups is 1. The molecule has 1 N–H and O–H groups in total. The summed E-state index contributed by atoms with van der Waals surface area (Å²) >= 11 is 0. The fourth-order valence-electron chi connectivity index (χ4n) is 3.66. The third-order valence-electron chi connectivity index (χ3n) is 4.77. The molecule has 4 nitrogen and oxygen atoms in total. The van der Waals surface area contributed by atoms with Crippen molar-refractivity contribution in [1.29, 1.82) is 0 Å². The van der Waals surface area contributed by atoms with Crippen molar-refractivity contribution in [2.75, 3.05) is 0 Å². The summed E-state index contributed by atoms with van der Waals surface area (Å²) in [6, 6.07) is -0.248. The van der Waals surface area contributed by atoms with Gasteiger partial charge in [0.15, 0.2) is 0 Å². The summed E-state index contributed by atoms with van der Waals surface area (Å²) in [7, 11) is 0. The fourth-order valence-corrected chi connectivity index (χ4v) is 3.66. The number of alkyl halides is 3. The van der Waals surface area contributed by atoms with E-state index in [0.717, 1.165) is 55.2 Å². The molecule has 3 rings (SSSR count). The SMILES string of the molecule is O=C(N[C@@H]1CCCc2cn(CC(F)(F)F)nc21)C1CCCCC1. The lowest BCUT2D eigenvalue weighted by Crippen LogP contribution is -2.36. The molecule has 23 heavy (non-hydrogen) atoms. The molecule has 1 atom stereocenters. The summed E-state index contributed by atoms with van der Waals surface area (Å²) in [5.41, 5.74) is 1.44. The predicted octanol–water partition coefficient (Wildman–Crippen LogP) is 3.52. The Kier molecular flexibility index (Phi) is 4.64. The molecule has 2 aliphatic carbocycles. The standard InChI is InChI=1S/C16H22F3N3O/c17-16(18,19)10-22-9-12-7-4-8-13(14(12)21-22)20-15(23)11-5-2-1-3-6-11/h9,11,13H,1-8,10H2,(H,20,23)/t13-/m1/s1. The Morgan fingerprint density at radius 1 is 1.22 bits per heavy atom. The molecule has 128 valence electrons. The van der Waals surface area contributed by atoms with Gasteiger partial charge in [-0.2, -0.15) is 18.3 Å². The normalized spacial score (nSPS) is 22.7. The highest BCUT2D eigenvalue weighted by Crippen LogP contribution is 2.31. The molecule has 1 amide bonds. The average molecular weight is 329 g/mol. The van der Waals surface area contributed by atoms with Crippen LogP contribution >= 0.6 is 0 Å². The summed E-state index contributed by atoms with van der Waals surface area (Å²) in [5.74, 6) is 0.0827. The highest BCUT2D eigenvalue weighted by molar-refractivity contribution is 5.79. The van der Waals surface area contributed by atoms with E-state index in [0.29, 0.717) is 5.69 Å². The second kappa shape index (κ2) is 6.53. The van der Waals surface area contributed by atoms with Crippen molar-refractivity contribution in [3.8, 4) is 0 Å². The number of nitrogens with one attached hydrogen (secondary N) is 1. The van der Waals surface area contributed by atoms with Gasteiger partial charge >= 0.3 is 6.18 Å². The summed E-state index contributed by atoms with van der Waals surface area (Å²) in [6.07, 6.45) is 4.68. The summed E-state index contributed by atoms with van der Waals surface area (Å²) in [6.45, 7) is -1.08. The Bertz CT molecular complexity index is 561. The lowest BCUT2D eigenvalue weighted by molar-refractivity contribution is -0.142. The van der Waals surface area contributed by atoms with Crippen molar-refractivity contribution in [3.05, 3.63) is 17.5 Å². The molecule has 0 spiro atoms. The number of fused-ring (bicyclic) bond motifs is 1. The molecule has 7 heteroatoms. The molecule has 0 bridgehead atoms. The smallest absolute Gasteiger partial charge is 0.347 e. The number of hydrogen-bond donors (Lipinski definition) is 1. The van der Waals surface area contributed by atoms with E-state index >= 15 is 0 Å². The molecule has 1 aromatic rings. The molecule has 1 fully saturated rings. The molecule has 1 aromatic heterocycles. The minimum absolute atomic E-state index is 0.0351. The maximum absolute atomic E-state index is 12.5. The van der Waals surface area contributed by atoms with E-state index in [1.54, 1.807) is 0 Å². The van der Waals surface area contributed by atoms with Crippen molar-refractivity contribution in [2.24, 2.45) is 5.92 Å². The van der Waals surface area contributed by atoms with Gasteiger partial charge in [0.25, 0.3) is 0 Å². The van der Waals surface area contributed by atoms with Crippen LogP contribution in [0.2, 0.25) is 0 Å². The van der Waals surface area contributed by atoms with Crippen LogP contribution < -0.4 is 5.32 Å². The topological polar surface area (TPSA) is 46.9 Å². The molecule has 0 saturated heterocycles. The molecule has 0 aliphatic heterocycles. The zero-order valence-corrected chi connectivity index (χ0v) is 13.0. The zero-order valence-electron chi connectivity index (χ0n) is 13.0. The Labute approximate surface area is 133 Å². The van der Waals surface area contributed by atoms with Crippen LogP contribution in [0.5, 0.6) is 0 Å². The van der Waals surface area contributed by atoms with Crippen molar-refractivity contribution < 1.29 is 18.0 Å². The summed E-state index contributed by atoms with van der Waals surface area (Å²) in [4.78, 5) is 12.4. The average Bonchev–Trinajstić information content (AvgIpc) is 2.89. The molecule has 0 unspecified atom stereocenters. The van der Waals surface area contributed by atoms with Crippen molar-refractivity contribution >= 4 is 5.91 Å². The van der Waals surface area contributed by atoms with E-state index in [9.17, 15) is 18.0 Å². The van der Waals surface area contributed by atoms with Crippen LogP contribution in [0.1, 0.15) is 62.2 Å². The monoisotopic (exact) mass is 329 g/mol. The van der Waals surface area contributed by atoms with Gasteiger partial charge in [0.05, 0.1) is 11.7 Å². The Hall–Kier alpha value is -1.53. The number of rotatable bonds is 3. The van der Waals surface area contributed by atoms with Gasteiger partial charge in [0.2, 0.25) is 5.91 Å². The highest BCUT2D eigenvalue weighted by Gasteiger charge is 2.32. The van der Waals surface area contributed by atoms with Crippen LogP contribution in [0.25, 0.3) is 0 Å². The number of aryl methyl sites for hydroxylation is 1. The van der Waals surface area contributed by atoms with E-state index in [-0.39, 0.29) is 17.9 Å². The number of halogens is 3. The maximum Gasteiger partial charge on any atom is 0.408 e. The van der Waals surface area contributed by atoms with Gasteiger partial charge in [-0.1, -0.05) is 19.3 Å². The summed E-state index contributed by atoms with van der Waals surface area (Å²) < 4.78 is 38.5. The van der Waals surface area contributed by atoms with Gasteiger partial charge in [-0.05, 0) is 37.7 Å². The zero-order chi connectivity index (χ0) is 16.4. The van der Waals surface area contributed by atoms with Gasteiger partial charge in [0.1, 0.15) is 6.54 Å².